The molecule has 0 radical (unpaired) electrons. The smallest absolute Gasteiger partial charge is 0.352 e. The van der Waals surface area contributed by atoms with Crippen molar-refractivity contribution < 1.29 is 55.0 Å². The quantitative estimate of drug-likeness (QED) is 0.102. The van der Waals surface area contributed by atoms with E-state index in [0.29, 0.717) is 60.5 Å². The topological polar surface area (TPSA) is 194 Å². The van der Waals surface area contributed by atoms with Crippen molar-refractivity contribution in [1.82, 2.24) is 45.2 Å². The Morgan fingerprint density at radius 2 is 1.84 bits per heavy atom. The Kier molecular flexibility index (Phi) is 15.5. The van der Waals surface area contributed by atoms with Crippen LogP contribution < -0.4 is 33.5 Å². The predicted molar refractivity (Wildman–Crippen MR) is 240 cm³/mol. The molecule has 8 rings (SSSR count). The van der Waals surface area contributed by atoms with Crippen LogP contribution >= 0.6 is 0 Å². The number of benzene rings is 3. The van der Waals surface area contributed by atoms with Gasteiger partial charge in [0.15, 0.2) is 5.82 Å². The summed E-state index contributed by atoms with van der Waals surface area (Å²) in [5, 5.41) is 18.4. The van der Waals surface area contributed by atoms with Crippen LogP contribution in [-0.4, -0.2) is 110 Å². The molecule has 2 fully saturated rings. The number of rotatable bonds is 15. The Balaban J connectivity index is 0.00000370. The van der Waals surface area contributed by atoms with Crippen LogP contribution in [0.1, 0.15) is 51.3 Å². The first-order valence-electron chi connectivity index (χ1n) is 21.5. The van der Waals surface area contributed by atoms with E-state index in [1.54, 1.807) is 13.3 Å². The number of carbonyl (C=O) groups excluding carboxylic acids is 1. The summed E-state index contributed by atoms with van der Waals surface area (Å²) in [6, 6.07) is 19.8. The van der Waals surface area contributed by atoms with E-state index in [2.05, 4.69) is 30.7 Å². The monoisotopic (exact) mass is 946 g/mol. The first-order valence-corrected chi connectivity index (χ1v) is 21.5. The lowest BCUT2D eigenvalue weighted by molar-refractivity contribution is -1.01. The van der Waals surface area contributed by atoms with Crippen molar-refractivity contribution in [2.45, 2.75) is 64.3 Å². The van der Waals surface area contributed by atoms with E-state index in [1.807, 2.05) is 101 Å². The number of para-hydroxylation sites is 1. The van der Waals surface area contributed by atoms with Crippen LogP contribution in [-0.2, 0) is 31.3 Å². The Morgan fingerprint density at radius 1 is 1.07 bits per heavy atom. The number of halogens is 3. The lowest BCUT2D eigenvalue weighted by atomic mass is 9.93. The fourth-order valence-corrected chi connectivity index (χ4v) is 8.67. The number of likely N-dealkylation sites (N-methyl/N-ethyl adjacent to an activating group) is 1. The van der Waals surface area contributed by atoms with E-state index in [4.69, 9.17) is 24.0 Å². The molecule has 67 heavy (non-hydrogen) atoms. The number of nitrogens with zero attached hydrogens (tertiary/aromatic N) is 7. The highest BCUT2D eigenvalue weighted by atomic mass is 35.5. The first-order chi connectivity index (χ1) is 31.2. The average molecular weight is 947 g/mol. The SMILES string of the molecule is COc1ccccc1C1CNCCN1[N+](C)(C(=C1C=CNC(C(C)(CC=O)OCC(C)(C)C)=C1)n1nc(-c2ccccc2)[nH]c1=O)C1COC(Cn2cncn2)(c2ccc(F)cc2F)O1.O.[Cl-]. The van der Waals surface area contributed by atoms with Crippen LogP contribution in [0.2, 0.25) is 0 Å². The summed E-state index contributed by atoms with van der Waals surface area (Å²) >= 11 is 0. The van der Waals surface area contributed by atoms with Gasteiger partial charge in [-0.15, -0.1) is 14.8 Å². The molecule has 17 nitrogen and oxygen atoms in total. The van der Waals surface area contributed by atoms with E-state index in [1.165, 1.54) is 28.1 Å². The molecule has 0 spiro atoms. The van der Waals surface area contributed by atoms with Gasteiger partial charge in [-0.25, -0.2) is 23.2 Å². The number of carbonyl (C=O) groups is 1. The normalized spacial score (nSPS) is 22.3. The number of aromatic amines is 1. The van der Waals surface area contributed by atoms with Crippen LogP contribution in [0.3, 0.4) is 0 Å². The molecular weight excluding hydrogens is 890 g/mol. The summed E-state index contributed by atoms with van der Waals surface area (Å²) in [6.07, 6.45) is 7.99. The molecule has 3 aromatic carbocycles. The number of piperazine rings is 1. The number of nitrogens with one attached hydrogen (secondary N) is 3. The molecule has 20 heteroatoms. The van der Waals surface area contributed by atoms with Gasteiger partial charge >= 0.3 is 5.69 Å². The zero-order valence-corrected chi connectivity index (χ0v) is 39.0. The van der Waals surface area contributed by atoms with Gasteiger partial charge in [-0.2, -0.15) is 9.69 Å². The van der Waals surface area contributed by atoms with Gasteiger partial charge in [-0.1, -0.05) is 69.3 Å². The summed E-state index contributed by atoms with van der Waals surface area (Å²) < 4.78 is 59.7. The van der Waals surface area contributed by atoms with Crippen molar-refractivity contribution in [2.75, 3.05) is 47.0 Å². The predicted octanol–water partition coefficient (Wildman–Crippen LogP) is 1.81. The fraction of sp³-hybridized carbons (Fsp3) is 0.383. The van der Waals surface area contributed by atoms with Gasteiger partial charge in [-0.3, -0.25) is 9.72 Å². The molecule has 0 bridgehead atoms. The molecule has 5 atom stereocenters. The zero-order valence-electron chi connectivity index (χ0n) is 38.2. The lowest BCUT2D eigenvalue weighted by Crippen LogP contribution is -3.00. The summed E-state index contributed by atoms with van der Waals surface area (Å²) in [5.41, 5.74) is 0.601. The molecular formula is C47H57ClF2N10O7. The minimum absolute atomic E-state index is 0. The van der Waals surface area contributed by atoms with Gasteiger partial charge in [0.25, 0.3) is 5.82 Å². The van der Waals surface area contributed by atoms with Crippen LogP contribution in [0.4, 0.5) is 8.78 Å². The highest BCUT2D eigenvalue weighted by Crippen LogP contribution is 2.47. The molecule has 3 aliphatic rings. The van der Waals surface area contributed by atoms with Gasteiger partial charge in [0.05, 0.1) is 32.9 Å². The Labute approximate surface area is 393 Å². The fourth-order valence-electron chi connectivity index (χ4n) is 8.67. The summed E-state index contributed by atoms with van der Waals surface area (Å²) in [4.78, 5) is 34.2. The number of dihydropyridines is 1. The van der Waals surface area contributed by atoms with E-state index in [-0.39, 0.29) is 53.0 Å². The van der Waals surface area contributed by atoms with Crippen molar-refractivity contribution in [3.63, 3.8) is 0 Å². The number of quaternary nitrogens is 1. The third kappa shape index (κ3) is 10.2. The standard InChI is InChI=1S/C47H54F2N10O6.ClH.H2O/c1-45(2,3)29-64-46(4,19-23-60)40-24-33(18-20-52-40)43(58-44(61)54-42(55-58)32-12-8-7-9-13-32)59(5,57-22-21-50-26-38(57)35-14-10-11-15-39(35)62-6)41-27-63-47(65-41,28-56-31-51-30-53-56)36-17-16-34(48)25-37(36)49;;/h7-18,20,23-25,30-31,38,41,50,52H,19,21-22,26-29H2,1-6H3;1H;1H2. The van der Waals surface area contributed by atoms with Crippen molar-refractivity contribution >= 4 is 12.1 Å². The number of methoxy groups -OCH3 is 1. The molecule has 5 unspecified atom stereocenters. The number of allylic oxidation sites excluding steroid dienone is 3. The maximum absolute atomic E-state index is 16.2. The van der Waals surface area contributed by atoms with E-state index >= 15 is 4.39 Å². The summed E-state index contributed by atoms with van der Waals surface area (Å²) in [5.74, 6) is -2.27. The highest BCUT2D eigenvalue weighted by Gasteiger charge is 2.59. The van der Waals surface area contributed by atoms with Crippen molar-refractivity contribution in [3.8, 4) is 17.1 Å². The minimum Gasteiger partial charge on any atom is -1.00 e. The second-order valence-corrected chi connectivity index (χ2v) is 17.8. The van der Waals surface area contributed by atoms with E-state index in [0.717, 1.165) is 24.0 Å². The second-order valence-electron chi connectivity index (χ2n) is 17.8. The second kappa shape index (κ2) is 20.5. The minimum atomic E-state index is -1.88. The molecule has 358 valence electrons. The van der Waals surface area contributed by atoms with Gasteiger partial charge in [0, 0.05) is 54.2 Å². The molecule has 2 aromatic heterocycles. The number of aldehydes is 1. The van der Waals surface area contributed by atoms with Crippen LogP contribution in [0.25, 0.3) is 17.2 Å². The zero-order chi connectivity index (χ0) is 46.0. The average Bonchev–Trinajstić information content (AvgIpc) is 4.07. The van der Waals surface area contributed by atoms with E-state index in [9.17, 15) is 14.0 Å². The number of H-pyrrole nitrogens is 1. The van der Waals surface area contributed by atoms with E-state index < -0.39 is 41.0 Å². The highest BCUT2D eigenvalue weighted by molar-refractivity contribution is 5.60. The Hall–Kier alpha value is -5.90. The van der Waals surface area contributed by atoms with Gasteiger partial charge < -0.3 is 47.5 Å². The number of aromatic nitrogens is 6. The van der Waals surface area contributed by atoms with Crippen LogP contribution in [0, 0.1) is 17.0 Å². The largest absolute Gasteiger partial charge is 1.00 e. The maximum atomic E-state index is 16.2. The molecule has 0 aliphatic carbocycles. The third-order valence-electron chi connectivity index (χ3n) is 12.0. The molecule has 5 aromatic rings. The lowest BCUT2D eigenvalue weighted by Gasteiger charge is -2.51. The maximum Gasteiger partial charge on any atom is 0.352 e. The number of hydrogen-bond acceptors (Lipinski definition) is 12. The molecule has 5 heterocycles. The Morgan fingerprint density at radius 3 is 2.54 bits per heavy atom. The summed E-state index contributed by atoms with van der Waals surface area (Å²) in [7, 11) is 3.52. The molecule has 2 saturated heterocycles. The van der Waals surface area contributed by atoms with Crippen molar-refractivity contribution in [1.29, 1.82) is 0 Å². The molecule has 5 N–H and O–H groups in total. The Bertz CT molecular complexity index is 2660. The number of hydrogen-bond donors (Lipinski definition) is 3. The van der Waals surface area contributed by atoms with Crippen LogP contribution in [0.15, 0.2) is 120 Å². The first kappa shape index (κ1) is 50.5. The number of ether oxygens (including phenoxy) is 4. The van der Waals surface area contributed by atoms with Gasteiger partial charge in [0.2, 0.25) is 12.0 Å². The van der Waals surface area contributed by atoms with Crippen LogP contribution in [0.5, 0.6) is 5.75 Å². The summed E-state index contributed by atoms with van der Waals surface area (Å²) in [6.45, 7) is 9.35. The third-order valence-corrected chi connectivity index (χ3v) is 12.0. The molecule has 0 amide bonds. The van der Waals surface area contributed by atoms with Gasteiger partial charge in [0.1, 0.15) is 61.1 Å². The molecule has 0 saturated carbocycles. The van der Waals surface area contributed by atoms with Crippen molar-refractivity contribution in [2.24, 2.45) is 5.41 Å². The van der Waals surface area contributed by atoms with Crippen molar-refractivity contribution in [3.05, 3.63) is 148 Å². The van der Waals surface area contributed by atoms with Gasteiger partial charge in [-0.05, 0) is 42.7 Å². The molecule has 3 aliphatic heterocycles.